The van der Waals surface area contributed by atoms with Gasteiger partial charge in [0, 0.05) is 43.6 Å². The minimum absolute atomic E-state index is 0.299. The van der Waals surface area contributed by atoms with Crippen molar-refractivity contribution in [3.05, 3.63) is 70.0 Å². The molecular formula is C34H47BrN6O7. The molecule has 0 heterocycles. The fourth-order valence-electron chi connectivity index (χ4n) is 4.32. The number of carbonyl (C=O) groups is 3. The molecule has 262 valence electrons. The first kappa shape index (κ1) is 40.1. The lowest BCUT2D eigenvalue weighted by atomic mass is 10.1. The van der Waals surface area contributed by atoms with Crippen LogP contribution in [0.5, 0.6) is 5.75 Å². The fourth-order valence-corrected chi connectivity index (χ4v) is 4.58. The topological polar surface area (TPSA) is 157 Å². The molecule has 0 aliphatic carbocycles. The quantitative estimate of drug-likeness (QED) is 0.0748. The summed E-state index contributed by atoms with van der Waals surface area (Å²) in [7, 11) is 5.21. The van der Waals surface area contributed by atoms with E-state index in [1.807, 2.05) is 55.1 Å². The van der Waals surface area contributed by atoms with Gasteiger partial charge in [-0.25, -0.2) is 9.98 Å². The number of amidine groups is 1. The highest BCUT2D eigenvalue weighted by Gasteiger charge is 2.26. The first-order valence-corrected chi connectivity index (χ1v) is 16.4. The Labute approximate surface area is 291 Å². The molecule has 2 aromatic carbocycles. The number of likely N-dealkylation sites (N-methyl/N-ethyl adjacent to an activating group) is 1. The molecular weight excluding hydrogens is 684 g/mol. The molecule has 3 N–H and O–H groups in total. The highest BCUT2D eigenvalue weighted by molar-refractivity contribution is 9.10. The van der Waals surface area contributed by atoms with Crippen molar-refractivity contribution in [1.82, 2.24) is 15.1 Å². The number of amides is 1. The van der Waals surface area contributed by atoms with Crippen molar-refractivity contribution in [3.8, 4) is 5.75 Å². The lowest BCUT2D eigenvalue weighted by molar-refractivity contribution is -0.111. The van der Waals surface area contributed by atoms with Crippen molar-refractivity contribution < 1.29 is 33.3 Å². The molecule has 1 amide bonds. The van der Waals surface area contributed by atoms with Crippen LogP contribution in [0.3, 0.4) is 0 Å². The van der Waals surface area contributed by atoms with Crippen LogP contribution >= 0.6 is 15.9 Å². The molecule has 1 unspecified atom stereocenters. The largest absolute Gasteiger partial charge is 0.494 e. The number of aliphatic imine (C=N–C) groups is 2. The van der Waals surface area contributed by atoms with E-state index in [0.29, 0.717) is 94.1 Å². The zero-order chi connectivity index (χ0) is 35.1. The number of halogens is 1. The maximum absolute atomic E-state index is 12.9. The Balaban J connectivity index is 2.24. The van der Waals surface area contributed by atoms with E-state index < -0.39 is 6.04 Å². The Morgan fingerprint density at radius 2 is 1.67 bits per heavy atom. The lowest BCUT2D eigenvalue weighted by Gasteiger charge is -2.34. The molecule has 0 aromatic heterocycles. The smallest absolute Gasteiger partial charge is 0.251 e. The third kappa shape index (κ3) is 13.9. The van der Waals surface area contributed by atoms with Crippen LogP contribution in [-0.2, 0) is 30.3 Å². The van der Waals surface area contributed by atoms with Gasteiger partial charge in [-0.1, -0.05) is 35.0 Å². The van der Waals surface area contributed by atoms with E-state index >= 15 is 0 Å². The van der Waals surface area contributed by atoms with Crippen molar-refractivity contribution >= 4 is 52.3 Å². The van der Waals surface area contributed by atoms with E-state index in [4.69, 9.17) is 29.7 Å². The molecule has 0 saturated carbocycles. The molecule has 0 fully saturated rings. The van der Waals surface area contributed by atoms with Gasteiger partial charge < -0.3 is 49.4 Å². The van der Waals surface area contributed by atoms with Gasteiger partial charge in [-0.2, -0.15) is 0 Å². The van der Waals surface area contributed by atoms with E-state index in [1.54, 1.807) is 24.4 Å². The first-order chi connectivity index (χ1) is 23.3. The van der Waals surface area contributed by atoms with Crippen LogP contribution in [-0.4, -0.2) is 114 Å². The normalized spacial score (nSPS) is 12.5. The van der Waals surface area contributed by atoms with Crippen molar-refractivity contribution in [1.29, 1.82) is 0 Å². The van der Waals surface area contributed by atoms with Gasteiger partial charge in [-0.05, 0) is 42.3 Å². The SMILES string of the molecule is CCC(C=O)N(Cc1ccc(Br)cc1)C(=Nc1ccc(C(=O)NCCOCCOCCOCCC=O)cc1OC)/C(=C\N=CN)N(C)C. The summed E-state index contributed by atoms with van der Waals surface area (Å²) in [6.45, 7) is 4.90. The molecule has 2 rings (SSSR count). The zero-order valence-electron chi connectivity index (χ0n) is 28.1. The first-order valence-electron chi connectivity index (χ1n) is 15.6. The van der Waals surface area contributed by atoms with E-state index in [1.165, 1.54) is 13.4 Å². The molecule has 0 aliphatic heterocycles. The van der Waals surface area contributed by atoms with Gasteiger partial charge in [0.05, 0.1) is 71.0 Å². The third-order valence-electron chi connectivity index (χ3n) is 6.83. The molecule has 48 heavy (non-hydrogen) atoms. The minimum Gasteiger partial charge on any atom is -0.494 e. The van der Waals surface area contributed by atoms with Crippen molar-refractivity contribution in [3.63, 3.8) is 0 Å². The van der Waals surface area contributed by atoms with Crippen LogP contribution in [0.15, 0.2) is 68.8 Å². The highest BCUT2D eigenvalue weighted by atomic mass is 79.9. The average molecular weight is 732 g/mol. The van der Waals surface area contributed by atoms with Crippen LogP contribution in [0.4, 0.5) is 5.69 Å². The van der Waals surface area contributed by atoms with Gasteiger partial charge in [0.15, 0.2) is 5.84 Å². The second-order valence-electron chi connectivity index (χ2n) is 10.4. The van der Waals surface area contributed by atoms with Gasteiger partial charge in [0.2, 0.25) is 0 Å². The molecule has 13 nitrogen and oxygen atoms in total. The van der Waals surface area contributed by atoms with E-state index in [9.17, 15) is 14.4 Å². The number of hydrogen-bond donors (Lipinski definition) is 2. The van der Waals surface area contributed by atoms with Crippen LogP contribution in [0.1, 0.15) is 35.7 Å². The number of nitrogens with zero attached hydrogens (tertiary/aromatic N) is 4. The Morgan fingerprint density at radius 1 is 1.00 bits per heavy atom. The van der Waals surface area contributed by atoms with E-state index in [-0.39, 0.29) is 5.91 Å². The Morgan fingerprint density at radius 3 is 2.25 bits per heavy atom. The molecule has 0 aliphatic rings. The summed E-state index contributed by atoms with van der Waals surface area (Å²) in [6, 6.07) is 12.3. The fraction of sp³-hybridized carbons (Fsp3) is 0.441. The number of nitrogens with two attached hydrogens (primary N) is 1. The summed E-state index contributed by atoms with van der Waals surface area (Å²) in [5.41, 5.74) is 7.99. The Kier molecular flexibility index (Phi) is 19.4. The average Bonchev–Trinajstić information content (AvgIpc) is 3.09. The Bertz CT molecular complexity index is 1370. The molecule has 0 bridgehead atoms. The molecule has 0 saturated heterocycles. The number of hydrogen-bond acceptors (Lipinski definition) is 10. The van der Waals surface area contributed by atoms with Crippen LogP contribution in [0.2, 0.25) is 0 Å². The van der Waals surface area contributed by atoms with Gasteiger partial charge >= 0.3 is 0 Å². The third-order valence-corrected chi connectivity index (χ3v) is 7.36. The number of methoxy groups -OCH3 is 1. The zero-order valence-corrected chi connectivity index (χ0v) is 29.7. The van der Waals surface area contributed by atoms with Crippen LogP contribution < -0.4 is 15.8 Å². The number of benzene rings is 2. The summed E-state index contributed by atoms with van der Waals surface area (Å²) in [6.07, 6.45) is 5.39. The van der Waals surface area contributed by atoms with Crippen molar-refractivity contribution in [2.24, 2.45) is 15.7 Å². The molecule has 1 atom stereocenters. The van der Waals surface area contributed by atoms with Gasteiger partial charge in [0.25, 0.3) is 5.91 Å². The predicted molar refractivity (Wildman–Crippen MR) is 190 cm³/mol. The maximum atomic E-state index is 12.9. The van der Waals surface area contributed by atoms with Crippen LogP contribution in [0.25, 0.3) is 0 Å². The summed E-state index contributed by atoms with van der Waals surface area (Å²) >= 11 is 3.48. The molecule has 0 radical (unpaired) electrons. The predicted octanol–water partition coefficient (Wildman–Crippen LogP) is 3.73. The summed E-state index contributed by atoms with van der Waals surface area (Å²) in [5.74, 6) is 0.535. The minimum atomic E-state index is -0.504. The van der Waals surface area contributed by atoms with Gasteiger partial charge in [0.1, 0.15) is 24.0 Å². The van der Waals surface area contributed by atoms with Crippen molar-refractivity contribution in [2.45, 2.75) is 32.4 Å². The standard InChI is InChI=1S/C34H47BrN6O7/c1-5-29(24-43)41(23-26-7-10-28(35)11-8-26)33(31(40(2)3)22-37-25-36)39-30-12-9-27(21-32(30)45-4)34(44)38-13-16-47-18-20-48-19-17-46-15-6-14-42/h7-12,14,21-22,24-25,29H,5-6,13,15-20,23H2,1-4H3,(H2,36,37)(H,38,44)/b31-22+,39-33?. The molecule has 2 aromatic rings. The number of aldehydes is 2. The highest BCUT2D eigenvalue weighted by Crippen LogP contribution is 2.31. The van der Waals surface area contributed by atoms with Crippen LogP contribution in [0, 0.1) is 0 Å². The molecule has 0 spiro atoms. The summed E-state index contributed by atoms with van der Waals surface area (Å²) in [4.78, 5) is 48.5. The van der Waals surface area contributed by atoms with E-state index in [0.717, 1.165) is 22.6 Å². The Hall–Kier alpha value is -4.11. The van der Waals surface area contributed by atoms with Gasteiger partial charge in [-0.15, -0.1) is 0 Å². The second kappa shape index (κ2) is 23.3. The second-order valence-corrected chi connectivity index (χ2v) is 11.4. The number of rotatable bonds is 23. The monoisotopic (exact) mass is 730 g/mol. The summed E-state index contributed by atoms with van der Waals surface area (Å²) in [5, 5.41) is 2.84. The number of ether oxygens (including phenoxy) is 4. The lowest BCUT2D eigenvalue weighted by Crippen LogP contribution is -2.43. The summed E-state index contributed by atoms with van der Waals surface area (Å²) < 4.78 is 22.8. The van der Waals surface area contributed by atoms with E-state index in [2.05, 4.69) is 26.2 Å². The molecule has 14 heteroatoms. The maximum Gasteiger partial charge on any atom is 0.251 e. The number of carbonyl (C=O) groups excluding carboxylic acids is 3. The van der Waals surface area contributed by atoms with Gasteiger partial charge in [-0.3, -0.25) is 4.79 Å². The van der Waals surface area contributed by atoms with Crippen molar-refractivity contribution in [2.75, 3.05) is 67.4 Å². The number of nitrogens with one attached hydrogen (secondary N) is 1.